The molecule has 0 aromatic heterocycles. The van der Waals surface area contributed by atoms with E-state index in [9.17, 15) is 8.42 Å². The first-order valence-electron chi connectivity index (χ1n) is 7.27. The van der Waals surface area contributed by atoms with Gasteiger partial charge in [-0.2, -0.15) is 4.31 Å². The SMILES string of the molecule is CNCc1ccc(S(=O)(=O)N2CCCC(C)CC2)cc1. The Bertz CT molecular complexity index is 525. The van der Waals surface area contributed by atoms with E-state index < -0.39 is 10.0 Å². The van der Waals surface area contributed by atoms with Crippen molar-refractivity contribution in [3.05, 3.63) is 29.8 Å². The average Bonchev–Trinajstić information content (AvgIpc) is 2.65. The maximum atomic E-state index is 12.6. The molecule has 5 heteroatoms. The Balaban J connectivity index is 2.16. The van der Waals surface area contributed by atoms with Crippen LogP contribution in [-0.4, -0.2) is 32.9 Å². The second-order valence-corrected chi connectivity index (χ2v) is 7.55. The lowest BCUT2D eigenvalue weighted by atomic mass is 10.0. The van der Waals surface area contributed by atoms with Gasteiger partial charge in [0, 0.05) is 19.6 Å². The summed E-state index contributed by atoms with van der Waals surface area (Å²) >= 11 is 0. The van der Waals surface area contributed by atoms with E-state index in [-0.39, 0.29) is 0 Å². The van der Waals surface area contributed by atoms with Crippen LogP contribution < -0.4 is 5.32 Å². The smallest absolute Gasteiger partial charge is 0.243 e. The highest BCUT2D eigenvalue weighted by atomic mass is 32.2. The molecule has 20 heavy (non-hydrogen) atoms. The van der Waals surface area contributed by atoms with Gasteiger partial charge < -0.3 is 5.32 Å². The standard InChI is InChI=1S/C15H24N2O2S/c1-13-4-3-10-17(11-9-13)20(18,19)15-7-5-14(6-8-15)12-16-2/h5-8,13,16H,3-4,9-12H2,1-2H3. The summed E-state index contributed by atoms with van der Waals surface area (Å²) in [5.41, 5.74) is 1.09. The maximum Gasteiger partial charge on any atom is 0.243 e. The molecule has 0 aliphatic carbocycles. The number of nitrogens with zero attached hydrogens (tertiary/aromatic N) is 1. The normalized spacial score (nSPS) is 21.6. The molecule has 4 nitrogen and oxygen atoms in total. The molecule has 1 saturated heterocycles. The van der Waals surface area contributed by atoms with Crippen LogP contribution in [0.1, 0.15) is 31.7 Å². The lowest BCUT2D eigenvalue weighted by Crippen LogP contribution is -2.32. The van der Waals surface area contributed by atoms with Crippen LogP contribution in [0.5, 0.6) is 0 Å². The van der Waals surface area contributed by atoms with E-state index in [4.69, 9.17) is 0 Å². The van der Waals surface area contributed by atoms with Gasteiger partial charge in [0.25, 0.3) is 0 Å². The van der Waals surface area contributed by atoms with Crippen molar-refractivity contribution in [2.24, 2.45) is 5.92 Å². The molecule has 1 atom stereocenters. The van der Waals surface area contributed by atoms with Crippen molar-refractivity contribution in [1.29, 1.82) is 0 Å². The summed E-state index contributed by atoms with van der Waals surface area (Å²) in [5, 5.41) is 3.06. The molecule has 1 heterocycles. The van der Waals surface area contributed by atoms with Crippen molar-refractivity contribution in [1.82, 2.24) is 9.62 Å². The minimum atomic E-state index is -3.33. The summed E-state index contributed by atoms with van der Waals surface area (Å²) in [4.78, 5) is 0.409. The first kappa shape index (κ1) is 15.5. The van der Waals surface area contributed by atoms with Crippen LogP contribution in [0, 0.1) is 5.92 Å². The summed E-state index contributed by atoms with van der Waals surface area (Å²) in [6, 6.07) is 7.19. The first-order valence-corrected chi connectivity index (χ1v) is 8.71. The second-order valence-electron chi connectivity index (χ2n) is 5.61. The van der Waals surface area contributed by atoms with Gasteiger partial charge in [-0.3, -0.25) is 0 Å². The van der Waals surface area contributed by atoms with Gasteiger partial charge in [-0.15, -0.1) is 0 Å². The lowest BCUT2D eigenvalue weighted by molar-refractivity contribution is 0.417. The molecule has 0 spiro atoms. The van der Waals surface area contributed by atoms with Crippen LogP contribution in [0.25, 0.3) is 0 Å². The zero-order valence-electron chi connectivity index (χ0n) is 12.3. The molecule has 112 valence electrons. The molecule has 1 aromatic rings. The summed E-state index contributed by atoms with van der Waals surface area (Å²) < 4.78 is 26.9. The average molecular weight is 296 g/mol. The highest BCUT2D eigenvalue weighted by Crippen LogP contribution is 2.23. The molecule has 1 fully saturated rings. The van der Waals surface area contributed by atoms with Gasteiger partial charge in [-0.1, -0.05) is 19.1 Å². The van der Waals surface area contributed by atoms with Crippen LogP contribution in [0.15, 0.2) is 29.2 Å². The molecular formula is C15H24N2O2S. The molecule has 2 rings (SSSR count). The minimum Gasteiger partial charge on any atom is -0.316 e. The fraction of sp³-hybridized carbons (Fsp3) is 0.600. The summed E-state index contributed by atoms with van der Waals surface area (Å²) in [7, 11) is -1.45. The van der Waals surface area contributed by atoms with E-state index in [0.717, 1.165) is 31.4 Å². The Morgan fingerprint density at radius 3 is 2.55 bits per heavy atom. The van der Waals surface area contributed by atoms with Gasteiger partial charge in [0.1, 0.15) is 0 Å². The third-order valence-corrected chi connectivity index (χ3v) is 5.83. The largest absolute Gasteiger partial charge is 0.316 e. The van der Waals surface area contributed by atoms with Crippen LogP contribution in [0.4, 0.5) is 0 Å². The summed E-state index contributed by atoms with van der Waals surface area (Å²) in [6.45, 7) is 4.23. The van der Waals surface area contributed by atoms with Gasteiger partial charge in [0.05, 0.1) is 4.90 Å². The van der Waals surface area contributed by atoms with E-state index in [1.807, 2.05) is 19.2 Å². The van der Waals surface area contributed by atoms with E-state index in [1.54, 1.807) is 16.4 Å². The Hall–Kier alpha value is -0.910. The van der Waals surface area contributed by atoms with E-state index in [0.29, 0.717) is 23.9 Å². The second kappa shape index (κ2) is 6.70. The van der Waals surface area contributed by atoms with Crippen LogP contribution in [0.3, 0.4) is 0 Å². The van der Waals surface area contributed by atoms with Crippen LogP contribution in [0.2, 0.25) is 0 Å². The molecular weight excluding hydrogens is 272 g/mol. The zero-order chi connectivity index (χ0) is 14.6. The number of sulfonamides is 1. The fourth-order valence-corrected chi connectivity index (χ4v) is 4.10. The van der Waals surface area contributed by atoms with Gasteiger partial charge in [-0.25, -0.2) is 8.42 Å². The predicted octanol–water partition coefficient (Wildman–Crippen LogP) is 2.22. The van der Waals surface area contributed by atoms with Crippen molar-refractivity contribution in [3.63, 3.8) is 0 Å². The Morgan fingerprint density at radius 2 is 1.90 bits per heavy atom. The van der Waals surface area contributed by atoms with Crippen molar-refractivity contribution in [2.75, 3.05) is 20.1 Å². The van der Waals surface area contributed by atoms with E-state index in [1.165, 1.54) is 0 Å². The summed E-state index contributed by atoms with van der Waals surface area (Å²) in [6.07, 6.45) is 3.03. The maximum absolute atomic E-state index is 12.6. The van der Waals surface area contributed by atoms with Gasteiger partial charge in [0.15, 0.2) is 0 Å². The molecule has 1 unspecified atom stereocenters. The van der Waals surface area contributed by atoms with Crippen LogP contribution >= 0.6 is 0 Å². The number of nitrogens with one attached hydrogen (secondary N) is 1. The number of hydrogen-bond acceptors (Lipinski definition) is 3. The zero-order valence-corrected chi connectivity index (χ0v) is 13.1. The van der Waals surface area contributed by atoms with Crippen molar-refractivity contribution < 1.29 is 8.42 Å². The van der Waals surface area contributed by atoms with Gasteiger partial charge in [-0.05, 0) is 49.9 Å². The number of rotatable bonds is 4. The molecule has 1 aliphatic rings. The lowest BCUT2D eigenvalue weighted by Gasteiger charge is -2.20. The predicted molar refractivity (Wildman–Crippen MR) is 81.0 cm³/mol. The third kappa shape index (κ3) is 3.59. The van der Waals surface area contributed by atoms with E-state index >= 15 is 0 Å². The van der Waals surface area contributed by atoms with Crippen molar-refractivity contribution >= 4 is 10.0 Å². The molecule has 0 saturated carbocycles. The quantitative estimate of drug-likeness (QED) is 0.927. The first-order chi connectivity index (χ1) is 9.54. The third-order valence-electron chi connectivity index (χ3n) is 3.92. The monoisotopic (exact) mass is 296 g/mol. The number of benzene rings is 1. The Morgan fingerprint density at radius 1 is 1.20 bits per heavy atom. The summed E-state index contributed by atoms with van der Waals surface area (Å²) in [5.74, 6) is 0.619. The van der Waals surface area contributed by atoms with Gasteiger partial charge in [0.2, 0.25) is 10.0 Å². The molecule has 1 aromatic carbocycles. The van der Waals surface area contributed by atoms with E-state index in [2.05, 4.69) is 12.2 Å². The molecule has 0 bridgehead atoms. The molecule has 0 radical (unpaired) electrons. The molecule has 0 amide bonds. The Kier molecular flexibility index (Phi) is 5.18. The fourth-order valence-electron chi connectivity index (χ4n) is 2.61. The number of hydrogen-bond donors (Lipinski definition) is 1. The minimum absolute atomic E-state index is 0.409. The highest BCUT2D eigenvalue weighted by molar-refractivity contribution is 7.89. The van der Waals surface area contributed by atoms with Gasteiger partial charge >= 0.3 is 0 Å². The Labute approximate surface area is 122 Å². The van der Waals surface area contributed by atoms with Crippen molar-refractivity contribution in [2.45, 2.75) is 37.6 Å². The topological polar surface area (TPSA) is 49.4 Å². The molecule has 1 N–H and O–H groups in total. The van der Waals surface area contributed by atoms with Crippen LogP contribution in [-0.2, 0) is 16.6 Å². The molecule has 1 aliphatic heterocycles. The highest BCUT2D eigenvalue weighted by Gasteiger charge is 2.26. The van der Waals surface area contributed by atoms with Crippen molar-refractivity contribution in [3.8, 4) is 0 Å².